The van der Waals surface area contributed by atoms with Gasteiger partial charge in [-0.05, 0) is 12.1 Å². The van der Waals surface area contributed by atoms with E-state index in [1.807, 2.05) is 0 Å². The maximum atomic E-state index is 13.0. The summed E-state index contributed by atoms with van der Waals surface area (Å²) in [6.07, 6.45) is -8.66. The number of nitrogens with zero attached hydrogens (tertiary/aromatic N) is 2. The van der Waals surface area contributed by atoms with Gasteiger partial charge in [0, 0.05) is 18.0 Å². The van der Waals surface area contributed by atoms with Gasteiger partial charge in [0.25, 0.3) is 0 Å². The number of alkyl halides is 6. The maximum absolute atomic E-state index is 13.0. The molecular weight excluding hydrogens is 312 g/mol. The summed E-state index contributed by atoms with van der Waals surface area (Å²) in [6, 6.07) is 3.71. The molecule has 1 N–H and O–H groups in total. The molecule has 0 atom stereocenters. The number of hydrogen-bond acceptors (Lipinski definition) is 3. The van der Waals surface area contributed by atoms with Crippen molar-refractivity contribution < 1.29 is 26.3 Å². The van der Waals surface area contributed by atoms with Crippen LogP contribution in [0.5, 0.6) is 0 Å². The van der Waals surface area contributed by atoms with Crippen molar-refractivity contribution >= 4 is 17.1 Å². The van der Waals surface area contributed by atoms with Crippen LogP contribution in [0.15, 0.2) is 29.4 Å². The Hall–Kier alpha value is -2.32. The molecule has 0 saturated heterocycles. The second-order valence-corrected chi connectivity index (χ2v) is 4.28. The fraction of sp³-hybridized carbons (Fsp3) is 0.231. The van der Waals surface area contributed by atoms with Gasteiger partial charge in [-0.2, -0.15) is 31.4 Å². The van der Waals surface area contributed by atoms with Crippen molar-refractivity contribution in [3.63, 3.8) is 0 Å². The van der Waals surface area contributed by atoms with Gasteiger partial charge in [-0.1, -0.05) is 12.1 Å². The highest BCUT2D eigenvalue weighted by atomic mass is 19.4. The van der Waals surface area contributed by atoms with E-state index >= 15 is 0 Å². The molecule has 2 aromatic rings. The number of pyridine rings is 1. The maximum Gasteiger partial charge on any atom is 0.433 e. The fourth-order valence-electron chi connectivity index (χ4n) is 1.89. The van der Waals surface area contributed by atoms with Crippen molar-refractivity contribution in [1.29, 1.82) is 0 Å². The lowest BCUT2D eigenvalue weighted by molar-refractivity contribution is -0.142. The van der Waals surface area contributed by atoms with Crippen LogP contribution in [0.25, 0.3) is 10.9 Å². The van der Waals surface area contributed by atoms with Gasteiger partial charge in [-0.3, -0.25) is 0 Å². The van der Waals surface area contributed by atoms with Crippen molar-refractivity contribution in [2.75, 3.05) is 7.05 Å². The van der Waals surface area contributed by atoms with E-state index in [2.05, 4.69) is 15.5 Å². The fourth-order valence-corrected chi connectivity index (χ4v) is 1.89. The van der Waals surface area contributed by atoms with Gasteiger partial charge in [0.05, 0.1) is 17.3 Å². The molecule has 0 radical (unpaired) electrons. The number of nitrogens with one attached hydrogen (secondary N) is 1. The first-order valence-electron chi connectivity index (χ1n) is 5.92. The van der Waals surface area contributed by atoms with Crippen LogP contribution in [0.3, 0.4) is 0 Å². The molecule has 9 heteroatoms. The lowest BCUT2D eigenvalue weighted by Gasteiger charge is -2.14. The Kier molecular flexibility index (Phi) is 3.99. The van der Waals surface area contributed by atoms with Crippen molar-refractivity contribution in [3.05, 3.63) is 41.1 Å². The predicted octanol–water partition coefficient (Wildman–Crippen LogP) is 3.83. The van der Waals surface area contributed by atoms with E-state index in [0.717, 1.165) is 12.3 Å². The summed E-state index contributed by atoms with van der Waals surface area (Å²) < 4.78 is 77.4. The van der Waals surface area contributed by atoms with Gasteiger partial charge in [-0.15, -0.1) is 0 Å². The van der Waals surface area contributed by atoms with E-state index in [4.69, 9.17) is 0 Å². The minimum Gasteiger partial charge on any atom is -0.313 e. The minimum absolute atomic E-state index is 0.0678. The molecule has 0 spiro atoms. The summed E-state index contributed by atoms with van der Waals surface area (Å²) in [5.41, 5.74) is -1.18. The van der Waals surface area contributed by atoms with Gasteiger partial charge in [0.2, 0.25) is 0 Å². The summed E-state index contributed by atoms with van der Waals surface area (Å²) in [5, 5.41) is 3.49. The van der Waals surface area contributed by atoms with Crippen molar-refractivity contribution in [2.45, 2.75) is 12.4 Å². The molecule has 0 unspecified atom stereocenters. The van der Waals surface area contributed by atoms with E-state index in [9.17, 15) is 26.3 Å². The minimum atomic E-state index is -4.87. The number of fused-ring (bicyclic) bond motifs is 1. The first-order chi connectivity index (χ1) is 10.1. The number of aromatic nitrogens is 1. The van der Waals surface area contributed by atoms with Gasteiger partial charge in [0.15, 0.2) is 0 Å². The van der Waals surface area contributed by atoms with Gasteiger partial charge < -0.3 is 5.43 Å². The third-order valence-corrected chi connectivity index (χ3v) is 2.80. The molecule has 0 fully saturated rings. The lowest BCUT2D eigenvalue weighted by atomic mass is 10.0. The second kappa shape index (κ2) is 5.47. The van der Waals surface area contributed by atoms with Gasteiger partial charge >= 0.3 is 12.4 Å². The zero-order chi connectivity index (χ0) is 16.5. The molecule has 1 heterocycles. The smallest absolute Gasteiger partial charge is 0.313 e. The SMILES string of the molecule is CN/N=C/c1cc(C(F)(F)F)nc2c(C(F)(F)F)cccc12. The van der Waals surface area contributed by atoms with Crippen LogP contribution in [0.2, 0.25) is 0 Å². The number of rotatable bonds is 2. The van der Waals surface area contributed by atoms with Crippen LogP contribution in [-0.4, -0.2) is 18.2 Å². The van der Waals surface area contributed by atoms with Crippen LogP contribution in [0.1, 0.15) is 16.8 Å². The van der Waals surface area contributed by atoms with E-state index in [-0.39, 0.29) is 10.9 Å². The Labute approximate surface area is 120 Å². The first kappa shape index (κ1) is 16.1. The number of hydrogen-bond donors (Lipinski definition) is 1. The van der Waals surface area contributed by atoms with Crippen molar-refractivity contribution in [2.24, 2.45) is 5.10 Å². The number of para-hydroxylation sites is 1. The molecule has 0 aliphatic carbocycles. The van der Waals surface area contributed by atoms with Crippen LogP contribution in [0.4, 0.5) is 26.3 Å². The molecule has 22 heavy (non-hydrogen) atoms. The van der Waals surface area contributed by atoms with E-state index in [1.165, 1.54) is 13.1 Å². The molecule has 2 rings (SSSR count). The van der Waals surface area contributed by atoms with Crippen LogP contribution in [-0.2, 0) is 12.4 Å². The highest BCUT2D eigenvalue weighted by molar-refractivity contribution is 5.99. The zero-order valence-electron chi connectivity index (χ0n) is 11.0. The van der Waals surface area contributed by atoms with Crippen LogP contribution < -0.4 is 5.43 Å². The molecule has 118 valence electrons. The van der Waals surface area contributed by atoms with Gasteiger partial charge in [0.1, 0.15) is 5.69 Å². The molecule has 1 aromatic carbocycles. The quantitative estimate of drug-likeness (QED) is 0.519. The Bertz CT molecular complexity index is 718. The van der Waals surface area contributed by atoms with Crippen molar-refractivity contribution in [1.82, 2.24) is 10.4 Å². The zero-order valence-corrected chi connectivity index (χ0v) is 11.0. The standard InChI is InChI=1S/C13H9F6N3/c1-20-21-6-7-5-10(13(17,18)19)22-11-8(7)3-2-4-9(11)12(14,15)16/h2-6,20H,1H3/b21-6+. The topological polar surface area (TPSA) is 37.3 Å². The number of hydrazone groups is 1. The van der Waals surface area contributed by atoms with E-state index < -0.39 is 29.1 Å². The van der Waals surface area contributed by atoms with Crippen molar-refractivity contribution in [3.8, 4) is 0 Å². The summed E-state index contributed by atoms with van der Waals surface area (Å²) in [4.78, 5) is 3.15. The molecule has 3 nitrogen and oxygen atoms in total. The highest BCUT2D eigenvalue weighted by Gasteiger charge is 2.37. The Balaban J connectivity index is 2.86. The predicted molar refractivity (Wildman–Crippen MR) is 68.4 cm³/mol. The highest BCUT2D eigenvalue weighted by Crippen LogP contribution is 2.37. The number of benzene rings is 1. The molecule has 0 bridgehead atoms. The normalized spacial score (nSPS) is 13.0. The van der Waals surface area contributed by atoms with E-state index in [1.54, 1.807) is 0 Å². The molecular formula is C13H9F6N3. The van der Waals surface area contributed by atoms with Gasteiger partial charge in [-0.25, -0.2) is 4.98 Å². The molecule has 0 aliphatic heterocycles. The molecule has 1 aromatic heterocycles. The first-order valence-corrected chi connectivity index (χ1v) is 5.92. The summed E-state index contributed by atoms with van der Waals surface area (Å²) >= 11 is 0. The Morgan fingerprint density at radius 2 is 1.77 bits per heavy atom. The summed E-state index contributed by atoms with van der Waals surface area (Å²) in [6.45, 7) is 0. The third-order valence-electron chi connectivity index (χ3n) is 2.80. The third kappa shape index (κ3) is 3.12. The Morgan fingerprint density at radius 1 is 1.09 bits per heavy atom. The average molecular weight is 321 g/mol. The van der Waals surface area contributed by atoms with E-state index in [0.29, 0.717) is 12.1 Å². The monoisotopic (exact) mass is 321 g/mol. The largest absolute Gasteiger partial charge is 0.433 e. The molecule has 0 amide bonds. The summed E-state index contributed by atoms with van der Waals surface area (Å²) in [7, 11) is 1.41. The number of halogens is 6. The van der Waals surface area contributed by atoms with Crippen LogP contribution >= 0.6 is 0 Å². The second-order valence-electron chi connectivity index (χ2n) is 4.28. The molecule has 0 aliphatic rings. The Morgan fingerprint density at radius 3 is 2.32 bits per heavy atom. The summed E-state index contributed by atoms with van der Waals surface area (Å²) in [5.74, 6) is 0. The van der Waals surface area contributed by atoms with Crippen LogP contribution in [0, 0.1) is 0 Å². The average Bonchev–Trinajstić information content (AvgIpc) is 2.41. The molecule has 0 saturated carbocycles. The lowest BCUT2D eigenvalue weighted by Crippen LogP contribution is -2.13.